The summed E-state index contributed by atoms with van der Waals surface area (Å²) in [4.78, 5) is 6.88. The summed E-state index contributed by atoms with van der Waals surface area (Å²) in [6.07, 6.45) is 8.10. The van der Waals surface area contributed by atoms with Gasteiger partial charge in [0.1, 0.15) is 0 Å². The third kappa shape index (κ3) is 4.07. The molecule has 0 radical (unpaired) electrons. The lowest BCUT2D eigenvalue weighted by Crippen LogP contribution is -2.38. The molecule has 124 valence electrons. The van der Waals surface area contributed by atoms with Crippen LogP contribution < -0.4 is 0 Å². The van der Waals surface area contributed by atoms with Gasteiger partial charge in [0.05, 0.1) is 18.6 Å². The van der Waals surface area contributed by atoms with E-state index in [0.717, 1.165) is 50.3 Å². The molecule has 0 amide bonds. The Morgan fingerprint density at radius 1 is 1.23 bits per heavy atom. The number of piperidine rings is 1. The van der Waals surface area contributed by atoms with Crippen molar-refractivity contribution in [3.8, 4) is 0 Å². The zero-order valence-electron chi connectivity index (χ0n) is 14.0. The molecule has 5 nitrogen and oxygen atoms in total. The van der Waals surface area contributed by atoms with Gasteiger partial charge in [-0.2, -0.15) is 4.98 Å². The Balaban J connectivity index is 1.42. The first kappa shape index (κ1) is 15.9. The maximum absolute atomic E-state index is 6.15. The highest BCUT2D eigenvalue weighted by molar-refractivity contribution is 4.96. The van der Waals surface area contributed by atoms with Gasteiger partial charge in [0.25, 0.3) is 0 Å². The number of aryl methyl sites for hydroxylation is 1. The predicted molar refractivity (Wildman–Crippen MR) is 84.8 cm³/mol. The Morgan fingerprint density at radius 3 is 2.86 bits per heavy atom. The molecule has 0 unspecified atom stereocenters. The van der Waals surface area contributed by atoms with Crippen molar-refractivity contribution in [3.05, 3.63) is 11.7 Å². The first-order chi connectivity index (χ1) is 10.7. The fourth-order valence-electron chi connectivity index (χ4n) is 3.80. The van der Waals surface area contributed by atoms with Crippen LogP contribution in [-0.4, -0.2) is 47.4 Å². The second-order valence-corrected chi connectivity index (χ2v) is 6.99. The van der Waals surface area contributed by atoms with Crippen molar-refractivity contribution in [2.75, 3.05) is 26.2 Å². The normalized spacial score (nSPS) is 30.5. The van der Waals surface area contributed by atoms with Crippen molar-refractivity contribution in [2.24, 2.45) is 5.92 Å². The maximum atomic E-state index is 6.15. The van der Waals surface area contributed by atoms with Gasteiger partial charge in [-0.25, -0.2) is 0 Å². The topological polar surface area (TPSA) is 51.4 Å². The molecular formula is C17H29N3O2. The summed E-state index contributed by atoms with van der Waals surface area (Å²) in [5.74, 6) is 2.67. The van der Waals surface area contributed by atoms with Crippen LogP contribution in [0, 0.1) is 12.8 Å². The quantitative estimate of drug-likeness (QED) is 0.836. The van der Waals surface area contributed by atoms with Crippen LogP contribution in [-0.2, 0) is 4.74 Å². The molecule has 2 fully saturated rings. The highest BCUT2D eigenvalue weighted by atomic mass is 16.5. The van der Waals surface area contributed by atoms with Crippen LogP contribution >= 0.6 is 0 Å². The van der Waals surface area contributed by atoms with Crippen molar-refractivity contribution >= 4 is 0 Å². The average molecular weight is 307 g/mol. The van der Waals surface area contributed by atoms with Crippen LogP contribution in [0.5, 0.6) is 0 Å². The molecule has 22 heavy (non-hydrogen) atoms. The Labute approximate surface area is 133 Å². The van der Waals surface area contributed by atoms with Crippen LogP contribution in [0.25, 0.3) is 0 Å². The zero-order chi connectivity index (χ0) is 15.4. The average Bonchev–Trinajstić information content (AvgIpc) is 2.96. The van der Waals surface area contributed by atoms with Crippen LogP contribution in [0.15, 0.2) is 4.52 Å². The Morgan fingerprint density at radius 2 is 2.09 bits per heavy atom. The predicted octanol–water partition coefficient (Wildman–Crippen LogP) is 3.15. The van der Waals surface area contributed by atoms with Crippen molar-refractivity contribution in [3.63, 3.8) is 0 Å². The number of likely N-dealkylation sites (tertiary alicyclic amines) is 1. The molecule has 1 aliphatic heterocycles. The molecule has 0 aromatic carbocycles. The summed E-state index contributed by atoms with van der Waals surface area (Å²) in [5, 5.41) is 3.92. The number of nitrogens with zero attached hydrogens (tertiary/aromatic N) is 3. The van der Waals surface area contributed by atoms with E-state index in [1.54, 1.807) is 0 Å². The second kappa shape index (κ2) is 7.55. The van der Waals surface area contributed by atoms with Gasteiger partial charge in [0, 0.05) is 13.1 Å². The van der Waals surface area contributed by atoms with Crippen molar-refractivity contribution in [1.29, 1.82) is 0 Å². The Hall–Kier alpha value is -0.940. The SMILES string of the molecule is Cc1noc([C@@H]2CCCN(CCO[C@H]3CCCC[C@@H]3C)C2)n1. The van der Waals surface area contributed by atoms with Crippen LogP contribution in [0.3, 0.4) is 0 Å². The van der Waals surface area contributed by atoms with E-state index in [0.29, 0.717) is 12.0 Å². The number of rotatable bonds is 5. The minimum absolute atomic E-state index is 0.392. The van der Waals surface area contributed by atoms with E-state index in [4.69, 9.17) is 9.26 Å². The first-order valence-electron chi connectivity index (χ1n) is 8.86. The highest BCUT2D eigenvalue weighted by Crippen LogP contribution is 2.27. The van der Waals surface area contributed by atoms with Gasteiger partial charge in [-0.15, -0.1) is 0 Å². The molecule has 0 spiro atoms. The van der Waals surface area contributed by atoms with E-state index in [1.807, 2.05) is 6.92 Å². The van der Waals surface area contributed by atoms with Gasteiger partial charge in [-0.3, -0.25) is 0 Å². The maximum Gasteiger partial charge on any atom is 0.231 e. The minimum Gasteiger partial charge on any atom is -0.377 e. The number of hydrogen-bond donors (Lipinski definition) is 0. The fraction of sp³-hybridized carbons (Fsp3) is 0.882. The van der Waals surface area contributed by atoms with E-state index in [-0.39, 0.29) is 0 Å². The minimum atomic E-state index is 0.392. The summed E-state index contributed by atoms with van der Waals surface area (Å²) in [7, 11) is 0. The molecule has 0 N–H and O–H groups in total. The Kier molecular flexibility index (Phi) is 5.47. The second-order valence-electron chi connectivity index (χ2n) is 6.99. The summed E-state index contributed by atoms with van der Waals surface area (Å²) in [6.45, 7) is 8.27. The van der Waals surface area contributed by atoms with Crippen molar-refractivity contribution in [2.45, 2.75) is 64.4 Å². The lowest BCUT2D eigenvalue weighted by molar-refractivity contribution is -0.0163. The van der Waals surface area contributed by atoms with Crippen molar-refractivity contribution < 1.29 is 9.26 Å². The molecule has 2 aliphatic rings. The van der Waals surface area contributed by atoms with E-state index in [1.165, 1.54) is 32.1 Å². The number of ether oxygens (including phenoxy) is 1. The highest BCUT2D eigenvalue weighted by Gasteiger charge is 2.26. The zero-order valence-corrected chi connectivity index (χ0v) is 14.0. The molecule has 1 aromatic rings. The Bertz CT molecular complexity index is 463. The summed E-state index contributed by atoms with van der Waals surface area (Å²) in [6, 6.07) is 0. The van der Waals surface area contributed by atoms with Crippen LogP contribution in [0.4, 0.5) is 0 Å². The summed E-state index contributed by atoms with van der Waals surface area (Å²) in [5.41, 5.74) is 0. The smallest absolute Gasteiger partial charge is 0.231 e. The monoisotopic (exact) mass is 307 g/mol. The molecule has 1 aromatic heterocycles. The van der Waals surface area contributed by atoms with E-state index < -0.39 is 0 Å². The first-order valence-corrected chi connectivity index (χ1v) is 8.86. The third-order valence-corrected chi connectivity index (χ3v) is 5.17. The van der Waals surface area contributed by atoms with Gasteiger partial charge in [-0.1, -0.05) is 24.9 Å². The standard InChI is InChI=1S/C17H29N3O2/c1-13-6-3-4-8-16(13)21-11-10-20-9-5-7-15(12-20)17-18-14(2)19-22-17/h13,15-16H,3-12H2,1-2H3/t13-,15+,16-/m0/s1. The molecule has 1 aliphatic carbocycles. The lowest BCUT2D eigenvalue weighted by Gasteiger charge is -2.33. The molecule has 3 rings (SSSR count). The molecule has 1 saturated heterocycles. The molecule has 3 atom stereocenters. The number of hydrogen-bond acceptors (Lipinski definition) is 5. The van der Waals surface area contributed by atoms with Gasteiger partial charge in [0.2, 0.25) is 5.89 Å². The molecular weight excluding hydrogens is 278 g/mol. The fourth-order valence-corrected chi connectivity index (χ4v) is 3.80. The van der Waals surface area contributed by atoms with Crippen LogP contribution in [0.1, 0.15) is 63.1 Å². The molecule has 1 saturated carbocycles. The largest absolute Gasteiger partial charge is 0.377 e. The van der Waals surface area contributed by atoms with Gasteiger partial charge < -0.3 is 14.2 Å². The van der Waals surface area contributed by atoms with E-state index in [9.17, 15) is 0 Å². The van der Waals surface area contributed by atoms with Crippen LogP contribution in [0.2, 0.25) is 0 Å². The lowest BCUT2D eigenvalue weighted by atomic mass is 9.88. The third-order valence-electron chi connectivity index (χ3n) is 5.17. The number of aromatic nitrogens is 2. The van der Waals surface area contributed by atoms with E-state index in [2.05, 4.69) is 22.0 Å². The van der Waals surface area contributed by atoms with Gasteiger partial charge >= 0.3 is 0 Å². The molecule has 0 bridgehead atoms. The van der Waals surface area contributed by atoms with E-state index >= 15 is 0 Å². The summed E-state index contributed by atoms with van der Waals surface area (Å²) >= 11 is 0. The molecule has 5 heteroatoms. The van der Waals surface area contributed by atoms with Crippen molar-refractivity contribution in [1.82, 2.24) is 15.0 Å². The summed E-state index contributed by atoms with van der Waals surface area (Å²) < 4.78 is 11.5. The van der Waals surface area contributed by atoms with Gasteiger partial charge in [0.15, 0.2) is 5.82 Å². The molecule has 2 heterocycles. The van der Waals surface area contributed by atoms with Gasteiger partial charge in [-0.05, 0) is 45.1 Å².